The largest absolute Gasteiger partial charge is 0.361 e. The van der Waals surface area contributed by atoms with E-state index in [2.05, 4.69) is 20.6 Å². The van der Waals surface area contributed by atoms with Gasteiger partial charge < -0.3 is 14.8 Å². The van der Waals surface area contributed by atoms with Gasteiger partial charge in [0.25, 0.3) is 5.91 Å². The van der Waals surface area contributed by atoms with Crippen molar-refractivity contribution in [2.24, 2.45) is 0 Å². The summed E-state index contributed by atoms with van der Waals surface area (Å²) in [6.45, 7) is 4.32. The van der Waals surface area contributed by atoms with Crippen LogP contribution >= 0.6 is 0 Å². The van der Waals surface area contributed by atoms with Crippen LogP contribution in [0.15, 0.2) is 47.4 Å². The highest BCUT2D eigenvalue weighted by Crippen LogP contribution is 2.17. The summed E-state index contributed by atoms with van der Waals surface area (Å²) in [5.41, 5.74) is 4.10. The van der Waals surface area contributed by atoms with E-state index in [9.17, 15) is 4.79 Å². The summed E-state index contributed by atoms with van der Waals surface area (Å²) < 4.78 is 6.91. The van der Waals surface area contributed by atoms with Crippen LogP contribution in [0.25, 0.3) is 10.9 Å². The Hall–Kier alpha value is -3.35. The maximum atomic E-state index is 12.4. The molecule has 0 aliphatic carbocycles. The van der Waals surface area contributed by atoms with Crippen LogP contribution in [0, 0.1) is 13.8 Å². The van der Waals surface area contributed by atoms with Gasteiger partial charge in [0.2, 0.25) is 0 Å². The average Bonchev–Trinajstić information content (AvgIpc) is 3.31. The minimum atomic E-state index is -0.167. The van der Waals surface area contributed by atoms with Crippen LogP contribution in [0.4, 0.5) is 5.69 Å². The highest BCUT2D eigenvalue weighted by molar-refractivity contribution is 6.06. The Morgan fingerprint density at radius 2 is 2.20 bits per heavy atom. The van der Waals surface area contributed by atoms with Crippen LogP contribution < -0.4 is 5.32 Å². The first kappa shape index (κ1) is 15.2. The van der Waals surface area contributed by atoms with Crippen molar-refractivity contribution in [1.82, 2.24) is 19.9 Å². The molecule has 4 aromatic rings. The van der Waals surface area contributed by atoms with E-state index in [0.717, 1.165) is 27.9 Å². The molecular formula is C18H17N5O2. The SMILES string of the molecule is Cc1noc(C)c1Cn1cc(NC(=O)c2ccc3[nH]ccc3c2)cn1. The summed E-state index contributed by atoms with van der Waals surface area (Å²) in [5.74, 6) is 0.610. The Morgan fingerprint density at radius 3 is 3.00 bits per heavy atom. The highest BCUT2D eigenvalue weighted by atomic mass is 16.5. The lowest BCUT2D eigenvalue weighted by molar-refractivity contribution is 0.102. The van der Waals surface area contributed by atoms with Crippen molar-refractivity contribution in [2.75, 3.05) is 5.32 Å². The number of aromatic nitrogens is 4. The number of nitrogens with zero attached hydrogens (tertiary/aromatic N) is 3. The number of fused-ring (bicyclic) bond motifs is 1. The molecule has 7 nitrogen and oxygen atoms in total. The fraction of sp³-hybridized carbons (Fsp3) is 0.167. The van der Waals surface area contributed by atoms with Gasteiger partial charge in [-0.3, -0.25) is 9.48 Å². The molecule has 0 atom stereocenters. The number of hydrogen-bond donors (Lipinski definition) is 2. The second-order valence-electron chi connectivity index (χ2n) is 5.96. The normalized spacial score (nSPS) is 11.1. The molecule has 3 heterocycles. The van der Waals surface area contributed by atoms with Gasteiger partial charge in [-0.2, -0.15) is 5.10 Å². The lowest BCUT2D eigenvalue weighted by atomic mass is 10.1. The summed E-state index contributed by atoms with van der Waals surface area (Å²) in [5, 5.41) is 12.1. The van der Waals surface area contributed by atoms with Crippen molar-refractivity contribution in [2.45, 2.75) is 20.4 Å². The fourth-order valence-electron chi connectivity index (χ4n) is 2.80. The summed E-state index contributed by atoms with van der Waals surface area (Å²) in [6, 6.07) is 7.48. The number of carbonyl (C=O) groups excluding carboxylic acids is 1. The van der Waals surface area contributed by atoms with E-state index in [4.69, 9.17) is 4.52 Å². The van der Waals surface area contributed by atoms with E-state index in [1.165, 1.54) is 0 Å². The van der Waals surface area contributed by atoms with E-state index in [0.29, 0.717) is 17.8 Å². The maximum absolute atomic E-state index is 12.4. The van der Waals surface area contributed by atoms with Gasteiger partial charge in [-0.05, 0) is 38.1 Å². The molecule has 25 heavy (non-hydrogen) atoms. The Balaban J connectivity index is 1.49. The van der Waals surface area contributed by atoms with E-state index in [-0.39, 0.29) is 5.91 Å². The van der Waals surface area contributed by atoms with Crippen molar-refractivity contribution in [3.8, 4) is 0 Å². The molecular weight excluding hydrogens is 318 g/mol. The van der Waals surface area contributed by atoms with Crippen molar-refractivity contribution in [3.05, 3.63) is 65.4 Å². The number of hydrogen-bond acceptors (Lipinski definition) is 4. The fourth-order valence-corrected chi connectivity index (χ4v) is 2.80. The molecule has 0 spiro atoms. The van der Waals surface area contributed by atoms with Gasteiger partial charge in [0, 0.05) is 34.4 Å². The first-order valence-electron chi connectivity index (χ1n) is 7.93. The van der Waals surface area contributed by atoms with Gasteiger partial charge in [-0.25, -0.2) is 0 Å². The average molecular weight is 335 g/mol. The van der Waals surface area contributed by atoms with Crippen molar-refractivity contribution in [1.29, 1.82) is 0 Å². The third-order valence-corrected chi connectivity index (χ3v) is 4.21. The van der Waals surface area contributed by atoms with Gasteiger partial charge in [0.15, 0.2) is 0 Å². The first-order chi connectivity index (χ1) is 12.1. The molecule has 3 aromatic heterocycles. The molecule has 0 aliphatic heterocycles. The first-order valence-corrected chi connectivity index (χ1v) is 7.93. The van der Waals surface area contributed by atoms with Crippen LogP contribution in [0.3, 0.4) is 0 Å². The summed E-state index contributed by atoms with van der Waals surface area (Å²) in [6.07, 6.45) is 5.27. The summed E-state index contributed by atoms with van der Waals surface area (Å²) >= 11 is 0. The summed E-state index contributed by atoms with van der Waals surface area (Å²) in [7, 11) is 0. The lowest BCUT2D eigenvalue weighted by Crippen LogP contribution is -2.11. The third kappa shape index (κ3) is 2.91. The zero-order chi connectivity index (χ0) is 17.4. The van der Waals surface area contributed by atoms with Crippen molar-refractivity contribution < 1.29 is 9.32 Å². The molecule has 0 bridgehead atoms. The highest BCUT2D eigenvalue weighted by Gasteiger charge is 2.12. The molecule has 0 radical (unpaired) electrons. The number of carbonyl (C=O) groups is 1. The number of aromatic amines is 1. The predicted octanol–water partition coefficient (Wildman–Crippen LogP) is 3.27. The summed E-state index contributed by atoms with van der Waals surface area (Å²) in [4.78, 5) is 15.5. The monoisotopic (exact) mass is 335 g/mol. The zero-order valence-electron chi connectivity index (χ0n) is 13.9. The molecule has 0 saturated heterocycles. The van der Waals surface area contributed by atoms with Gasteiger partial charge in [-0.15, -0.1) is 0 Å². The Labute approximate surface area is 143 Å². The molecule has 0 fully saturated rings. The second-order valence-corrected chi connectivity index (χ2v) is 5.96. The van der Waals surface area contributed by atoms with Crippen LogP contribution in [-0.2, 0) is 6.54 Å². The van der Waals surface area contributed by atoms with Crippen LogP contribution in [0.5, 0.6) is 0 Å². The number of benzene rings is 1. The molecule has 1 amide bonds. The van der Waals surface area contributed by atoms with Crippen LogP contribution in [0.1, 0.15) is 27.4 Å². The number of H-pyrrole nitrogens is 1. The minimum Gasteiger partial charge on any atom is -0.361 e. The van der Waals surface area contributed by atoms with Gasteiger partial charge >= 0.3 is 0 Å². The Morgan fingerprint density at radius 1 is 1.32 bits per heavy atom. The minimum absolute atomic E-state index is 0.167. The van der Waals surface area contributed by atoms with Crippen LogP contribution in [0.2, 0.25) is 0 Å². The molecule has 7 heteroatoms. The molecule has 2 N–H and O–H groups in total. The Kier molecular flexibility index (Phi) is 3.61. The molecule has 0 unspecified atom stereocenters. The second kappa shape index (κ2) is 5.94. The molecule has 0 aliphatic rings. The Bertz CT molecular complexity index is 1040. The molecule has 126 valence electrons. The molecule has 1 aromatic carbocycles. The van der Waals surface area contributed by atoms with E-state index < -0.39 is 0 Å². The number of amides is 1. The maximum Gasteiger partial charge on any atom is 0.255 e. The van der Waals surface area contributed by atoms with E-state index in [1.807, 2.05) is 38.2 Å². The van der Waals surface area contributed by atoms with Gasteiger partial charge in [0.05, 0.1) is 24.1 Å². The molecule has 0 saturated carbocycles. The lowest BCUT2D eigenvalue weighted by Gasteiger charge is -2.03. The topological polar surface area (TPSA) is 88.7 Å². The standard InChI is InChI=1S/C18H17N5O2/c1-11-16(12(2)25-22-11)10-23-9-15(8-20-23)21-18(24)14-3-4-17-13(7-14)5-6-19-17/h3-9,19H,10H2,1-2H3,(H,21,24). The van der Waals surface area contributed by atoms with Crippen molar-refractivity contribution >= 4 is 22.5 Å². The third-order valence-electron chi connectivity index (χ3n) is 4.21. The van der Waals surface area contributed by atoms with Crippen molar-refractivity contribution in [3.63, 3.8) is 0 Å². The number of nitrogens with one attached hydrogen (secondary N) is 2. The predicted molar refractivity (Wildman–Crippen MR) is 93.6 cm³/mol. The smallest absolute Gasteiger partial charge is 0.255 e. The van der Waals surface area contributed by atoms with E-state index in [1.54, 1.807) is 23.1 Å². The zero-order valence-corrected chi connectivity index (χ0v) is 13.9. The van der Waals surface area contributed by atoms with Crippen LogP contribution in [-0.4, -0.2) is 25.8 Å². The quantitative estimate of drug-likeness (QED) is 0.599. The van der Waals surface area contributed by atoms with Gasteiger partial charge in [-0.1, -0.05) is 5.16 Å². The van der Waals surface area contributed by atoms with E-state index >= 15 is 0 Å². The number of rotatable bonds is 4. The number of aryl methyl sites for hydroxylation is 2. The van der Waals surface area contributed by atoms with Gasteiger partial charge in [0.1, 0.15) is 5.76 Å². The number of anilines is 1. The molecule has 4 rings (SSSR count).